The molecule has 2 aromatic rings. The minimum absolute atomic E-state index is 0.129. The van der Waals surface area contributed by atoms with E-state index in [1.54, 1.807) is 12.1 Å². The molecule has 2 rings (SSSR count). The normalized spacial score (nSPS) is 14.6. The molecule has 2 atom stereocenters. The highest BCUT2D eigenvalue weighted by atomic mass is 32.2. The van der Waals surface area contributed by atoms with Gasteiger partial charge in [0, 0.05) is 12.7 Å². The predicted octanol–water partition coefficient (Wildman–Crippen LogP) is 4.63. The van der Waals surface area contributed by atoms with Gasteiger partial charge in [-0.15, -0.1) is 0 Å². The van der Waals surface area contributed by atoms with Gasteiger partial charge in [-0.05, 0) is 42.7 Å². The molecule has 0 fully saturated rings. The van der Waals surface area contributed by atoms with E-state index in [1.165, 1.54) is 36.4 Å². The van der Waals surface area contributed by atoms with Crippen molar-refractivity contribution in [2.24, 2.45) is 0 Å². The summed E-state index contributed by atoms with van der Waals surface area (Å²) in [6, 6.07) is 7.62. The van der Waals surface area contributed by atoms with Gasteiger partial charge >= 0.3 is 12.1 Å². The van der Waals surface area contributed by atoms with Crippen LogP contribution in [0, 0.1) is 0 Å². The number of hydrogen-bond donors (Lipinski definition) is 1. The number of nitrogens with one attached hydrogen (secondary N) is 1. The second-order valence-electron chi connectivity index (χ2n) is 8.06. The topological polar surface area (TPSA) is 72.5 Å². The number of methoxy groups -OCH3 is 1. The third-order valence-corrected chi connectivity index (χ3v) is 5.86. The first kappa shape index (κ1) is 25.8. The van der Waals surface area contributed by atoms with E-state index < -0.39 is 46.2 Å². The molecule has 0 radical (unpaired) electrons. The van der Waals surface area contributed by atoms with Crippen molar-refractivity contribution in [2.45, 2.75) is 49.1 Å². The van der Waals surface area contributed by atoms with Gasteiger partial charge in [0.05, 0.1) is 12.0 Å². The number of benzene rings is 2. The van der Waals surface area contributed by atoms with Gasteiger partial charge in [0.1, 0.15) is 17.8 Å². The number of carbonyl (C=O) groups excluding carboxylic acids is 1. The van der Waals surface area contributed by atoms with E-state index in [0.29, 0.717) is 11.1 Å². The molecule has 1 N–H and O–H groups in total. The Hall–Kier alpha value is -2.46. The third kappa shape index (κ3) is 7.03. The maximum atomic E-state index is 14.1. The van der Waals surface area contributed by atoms with Crippen molar-refractivity contribution in [2.75, 3.05) is 13.4 Å². The van der Waals surface area contributed by atoms with Crippen LogP contribution in [0.25, 0.3) is 11.1 Å². The lowest BCUT2D eigenvalue weighted by Gasteiger charge is -2.29. The second kappa shape index (κ2) is 9.58. The van der Waals surface area contributed by atoms with E-state index >= 15 is 0 Å². The van der Waals surface area contributed by atoms with Gasteiger partial charge < -0.3 is 4.74 Å². The van der Waals surface area contributed by atoms with Crippen molar-refractivity contribution < 1.29 is 35.5 Å². The second-order valence-corrected chi connectivity index (χ2v) is 10.1. The summed E-state index contributed by atoms with van der Waals surface area (Å²) in [7, 11) is -2.35. The highest BCUT2D eigenvalue weighted by Crippen LogP contribution is 2.35. The fraction of sp³-hybridized carbons (Fsp3) is 0.409. The van der Waals surface area contributed by atoms with Crippen LogP contribution in [0.4, 0.5) is 17.6 Å². The molecular formula is C22H25F4NO4S. The van der Waals surface area contributed by atoms with Crippen LogP contribution in [0.1, 0.15) is 31.9 Å². The van der Waals surface area contributed by atoms with Crippen LogP contribution in [0.5, 0.6) is 0 Å². The Morgan fingerprint density at radius 1 is 0.969 bits per heavy atom. The lowest BCUT2D eigenvalue weighted by atomic mass is 9.97. The van der Waals surface area contributed by atoms with Gasteiger partial charge in [-0.2, -0.15) is 13.2 Å². The fourth-order valence-electron chi connectivity index (χ4n) is 3.18. The Morgan fingerprint density at radius 2 is 1.44 bits per heavy atom. The van der Waals surface area contributed by atoms with Crippen molar-refractivity contribution in [3.8, 4) is 11.1 Å². The van der Waals surface area contributed by atoms with Crippen molar-refractivity contribution in [1.29, 1.82) is 0 Å². The number of carbonyl (C=O) groups is 1. The SMILES string of the molecule is COC(=O)[C@H](CC(C)(C)F)N[C@@H](c1ccc(-c2ccc(S(C)(=O)=O)cc2)cc1)C(F)(F)F. The van der Waals surface area contributed by atoms with E-state index in [1.807, 2.05) is 0 Å². The lowest BCUT2D eigenvalue weighted by molar-refractivity contribution is -0.165. The molecule has 0 saturated heterocycles. The zero-order valence-electron chi connectivity index (χ0n) is 18.0. The lowest BCUT2D eigenvalue weighted by Crippen LogP contribution is -2.47. The van der Waals surface area contributed by atoms with Crippen LogP contribution in [-0.4, -0.2) is 45.6 Å². The van der Waals surface area contributed by atoms with Gasteiger partial charge in [0.2, 0.25) is 0 Å². The van der Waals surface area contributed by atoms with Crippen molar-refractivity contribution in [3.63, 3.8) is 0 Å². The smallest absolute Gasteiger partial charge is 0.407 e. The molecule has 0 aliphatic carbocycles. The van der Waals surface area contributed by atoms with E-state index in [-0.39, 0.29) is 10.5 Å². The summed E-state index contributed by atoms with van der Waals surface area (Å²) < 4.78 is 83.1. The first-order valence-electron chi connectivity index (χ1n) is 9.62. The molecule has 0 aliphatic rings. The number of ether oxygens (including phenoxy) is 1. The molecule has 0 spiro atoms. The van der Waals surface area contributed by atoms with Crippen LogP contribution in [0.15, 0.2) is 53.4 Å². The summed E-state index contributed by atoms with van der Waals surface area (Å²) in [5, 5.41) is 2.19. The molecule has 0 amide bonds. The number of esters is 1. The monoisotopic (exact) mass is 475 g/mol. The number of halogens is 4. The van der Waals surface area contributed by atoms with Crippen LogP contribution in [-0.2, 0) is 19.4 Å². The van der Waals surface area contributed by atoms with E-state index in [0.717, 1.165) is 27.2 Å². The Kier molecular flexibility index (Phi) is 7.72. The van der Waals surface area contributed by atoms with Crippen LogP contribution in [0.2, 0.25) is 0 Å². The molecule has 176 valence electrons. The standard InChI is InChI=1S/C22H25F4NO4S/c1-21(2,23)13-18(20(28)31-3)27-19(22(24,25)26)16-7-5-14(6-8-16)15-9-11-17(12-10-15)32(4,29)30/h5-12,18-19,27H,13H2,1-4H3/t18-,19-/m0/s1. The Labute approximate surface area is 184 Å². The van der Waals surface area contributed by atoms with Gasteiger partial charge in [-0.3, -0.25) is 10.1 Å². The van der Waals surface area contributed by atoms with Gasteiger partial charge in [-0.25, -0.2) is 12.8 Å². The number of sulfone groups is 1. The summed E-state index contributed by atoms with van der Waals surface area (Å²) >= 11 is 0. The number of rotatable bonds is 8. The molecule has 0 aromatic heterocycles. The first-order chi connectivity index (χ1) is 14.6. The first-order valence-corrected chi connectivity index (χ1v) is 11.5. The zero-order chi connectivity index (χ0) is 24.3. The average molecular weight is 476 g/mol. The highest BCUT2D eigenvalue weighted by molar-refractivity contribution is 7.90. The van der Waals surface area contributed by atoms with Gasteiger partial charge in [0.25, 0.3) is 0 Å². The highest BCUT2D eigenvalue weighted by Gasteiger charge is 2.44. The number of alkyl halides is 4. The summed E-state index contributed by atoms with van der Waals surface area (Å²) in [4.78, 5) is 12.1. The summed E-state index contributed by atoms with van der Waals surface area (Å²) in [6.07, 6.45) is -4.19. The molecule has 10 heteroatoms. The third-order valence-electron chi connectivity index (χ3n) is 4.73. The van der Waals surface area contributed by atoms with Crippen LogP contribution < -0.4 is 5.32 Å². The minimum atomic E-state index is -4.76. The molecular weight excluding hydrogens is 450 g/mol. The van der Waals surface area contributed by atoms with Crippen molar-refractivity contribution in [1.82, 2.24) is 5.32 Å². The maximum absolute atomic E-state index is 14.1. The Bertz CT molecular complexity index is 1030. The average Bonchev–Trinajstić information content (AvgIpc) is 2.68. The molecule has 0 bridgehead atoms. The van der Waals surface area contributed by atoms with E-state index in [4.69, 9.17) is 0 Å². The number of hydrogen-bond acceptors (Lipinski definition) is 5. The summed E-state index contributed by atoms with van der Waals surface area (Å²) in [5.41, 5.74) is -0.875. The summed E-state index contributed by atoms with van der Waals surface area (Å²) in [5.74, 6) is -0.993. The van der Waals surface area contributed by atoms with Crippen LogP contribution in [0.3, 0.4) is 0 Å². The Balaban J connectivity index is 2.33. The predicted molar refractivity (Wildman–Crippen MR) is 113 cm³/mol. The molecule has 0 saturated carbocycles. The largest absolute Gasteiger partial charge is 0.468 e. The molecule has 32 heavy (non-hydrogen) atoms. The summed E-state index contributed by atoms with van der Waals surface area (Å²) in [6.45, 7) is 2.33. The van der Waals surface area contributed by atoms with Gasteiger partial charge in [-0.1, -0.05) is 36.4 Å². The zero-order valence-corrected chi connectivity index (χ0v) is 18.9. The van der Waals surface area contributed by atoms with E-state index in [2.05, 4.69) is 10.1 Å². The van der Waals surface area contributed by atoms with Crippen molar-refractivity contribution in [3.05, 3.63) is 54.1 Å². The molecule has 5 nitrogen and oxygen atoms in total. The minimum Gasteiger partial charge on any atom is -0.468 e. The quantitative estimate of drug-likeness (QED) is 0.445. The molecule has 0 unspecified atom stereocenters. The molecule has 0 aliphatic heterocycles. The Morgan fingerprint density at radius 3 is 1.81 bits per heavy atom. The molecule has 2 aromatic carbocycles. The molecule has 0 heterocycles. The van der Waals surface area contributed by atoms with Gasteiger partial charge in [0.15, 0.2) is 9.84 Å². The van der Waals surface area contributed by atoms with E-state index in [9.17, 15) is 30.8 Å². The van der Waals surface area contributed by atoms with Crippen molar-refractivity contribution >= 4 is 15.8 Å². The van der Waals surface area contributed by atoms with Crippen LogP contribution >= 0.6 is 0 Å². The fourth-order valence-corrected chi connectivity index (χ4v) is 3.81. The maximum Gasteiger partial charge on any atom is 0.407 e.